The Bertz CT molecular complexity index is 1790. The lowest BCUT2D eigenvalue weighted by Crippen LogP contribution is -2.60. The standard InChI is InChI=1S/C39H53N5O5S/c1-26(2)48-19-18-43-16-14-39(15-17-43)23-30(24-39)44-31(22-38(5,6)7)25-49-34-21-33(35-27(3)10-8-11-28(35)4)40-37(41-34)42-50(46,47)32-13-9-12-29(20-32)36(44)45/h8-13,20-21,26,30-31H,14-19,22-25H2,1-7H3,(H,40,41,42)/t31-/m1/s1. The minimum absolute atomic E-state index is 0.0163. The average Bonchev–Trinajstić information content (AvgIpc) is 3.02. The number of sulfonamides is 1. The van der Waals surface area contributed by atoms with E-state index in [-0.39, 0.29) is 58.3 Å². The van der Waals surface area contributed by atoms with E-state index in [2.05, 4.69) is 54.2 Å². The highest BCUT2D eigenvalue weighted by atomic mass is 32.2. The summed E-state index contributed by atoms with van der Waals surface area (Å²) >= 11 is 0. The van der Waals surface area contributed by atoms with Gasteiger partial charge in [-0.1, -0.05) is 45.0 Å². The Labute approximate surface area is 298 Å². The zero-order valence-electron chi connectivity index (χ0n) is 30.7. The van der Waals surface area contributed by atoms with Crippen molar-refractivity contribution >= 4 is 21.9 Å². The van der Waals surface area contributed by atoms with Crippen molar-refractivity contribution in [3.63, 3.8) is 0 Å². The molecule has 1 aromatic heterocycles. The molecule has 3 aliphatic rings. The fraction of sp³-hybridized carbons (Fsp3) is 0.564. The van der Waals surface area contributed by atoms with E-state index in [0.29, 0.717) is 17.7 Å². The highest BCUT2D eigenvalue weighted by Gasteiger charge is 2.50. The predicted octanol–water partition coefficient (Wildman–Crippen LogP) is 6.87. The average molecular weight is 704 g/mol. The number of carbonyl (C=O) groups excluding carboxylic acids is 1. The summed E-state index contributed by atoms with van der Waals surface area (Å²) in [7, 11) is -4.13. The van der Waals surface area contributed by atoms with Crippen LogP contribution in [0.1, 0.15) is 88.2 Å². The first-order valence-electron chi connectivity index (χ1n) is 18.0. The zero-order valence-corrected chi connectivity index (χ0v) is 31.5. The number of piperidine rings is 1. The third-order valence-electron chi connectivity index (χ3n) is 10.5. The molecule has 1 spiro atoms. The van der Waals surface area contributed by atoms with Gasteiger partial charge >= 0.3 is 0 Å². The van der Waals surface area contributed by atoms with Gasteiger partial charge in [-0.3, -0.25) is 4.79 Å². The smallest absolute Gasteiger partial charge is 0.264 e. The van der Waals surface area contributed by atoms with Crippen LogP contribution >= 0.6 is 0 Å². The van der Waals surface area contributed by atoms with Crippen LogP contribution in [-0.4, -0.2) is 85.1 Å². The Kier molecular flexibility index (Phi) is 10.3. The second-order valence-electron chi connectivity index (χ2n) is 16.1. The highest BCUT2D eigenvalue weighted by Crippen LogP contribution is 2.52. The molecule has 0 unspecified atom stereocenters. The van der Waals surface area contributed by atoms with Gasteiger partial charge in [0.05, 0.1) is 29.3 Å². The van der Waals surface area contributed by atoms with E-state index >= 15 is 0 Å². The molecule has 1 aliphatic carbocycles. The lowest BCUT2D eigenvalue weighted by Gasteiger charge is -2.56. The number of anilines is 1. The SMILES string of the molecule is Cc1cccc(C)c1-c1cc2nc(n1)NS(=O)(=O)c1cccc(c1)C(=O)N(C1CC3(CCN(CCOC(C)C)CC3)C1)[C@H](CC(C)(C)C)CO2. The van der Waals surface area contributed by atoms with Gasteiger partial charge in [0.25, 0.3) is 15.9 Å². The molecule has 2 aliphatic heterocycles. The van der Waals surface area contributed by atoms with Gasteiger partial charge in [-0.15, -0.1) is 0 Å². The van der Waals surface area contributed by atoms with Crippen LogP contribution in [0.2, 0.25) is 0 Å². The summed E-state index contributed by atoms with van der Waals surface area (Å²) in [4.78, 5) is 28.3. The minimum atomic E-state index is -4.13. The van der Waals surface area contributed by atoms with Gasteiger partial charge in [0, 0.05) is 29.8 Å². The van der Waals surface area contributed by atoms with Crippen molar-refractivity contribution in [1.82, 2.24) is 19.8 Å². The molecule has 50 heavy (non-hydrogen) atoms. The van der Waals surface area contributed by atoms with Crippen LogP contribution in [-0.2, 0) is 14.8 Å². The van der Waals surface area contributed by atoms with Crippen molar-refractivity contribution in [2.45, 2.75) is 104 Å². The van der Waals surface area contributed by atoms with Crippen LogP contribution in [0, 0.1) is 24.7 Å². The van der Waals surface area contributed by atoms with E-state index in [0.717, 1.165) is 68.6 Å². The summed E-state index contributed by atoms with van der Waals surface area (Å²) in [5.41, 5.74) is 3.90. The maximum absolute atomic E-state index is 14.7. The van der Waals surface area contributed by atoms with Crippen LogP contribution in [0.5, 0.6) is 5.88 Å². The highest BCUT2D eigenvalue weighted by molar-refractivity contribution is 7.92. The topological polar surface area (TPSA) is 114 Å². The molecule has 4 bridgehead atoms. The number of carbonyl (C=O) groups is 1. The second kappa shape index (κ2) is 14.2. The van der Waals surface area contributed by atoms with E-state index in [9.17, 15) is 13.2 Å². The Morgan fingerprint density at radius 3 is 2.36 bits per heavy atom. The van der Waals surface area contributed by atoms with Crippen LogP contribution in [0.4, 0.5) is 5.95 Å². The molecule has 3 heterocycles. The molecule has 0 radical (unpaired) electrons. The maximum Gasteiger partial charge on any atom is 0.264 e. The third kappa shape index (κ3) is 8.16. The number of fused-ring (bicyclic) bond motifs is 4. The Morgan fingerprint density at radius 2 is 1.70 bits per heavy atom. The maximum atomic E-state index is 14.7. The van der Waals surface area contributed by atoms with Gasteiger partial charge in [0.2, 0.25) is 11.8 Å². The van der Waals surface area contributed by atoms with Crippen molar-refractivity contribution < 1.29 is 22.7 Å². The number of aromatic nitrogens is 2. The van der Waals surface area contributed by atoms with E-state index in [1.165, 1.54) is 12.1 Å². The molecule has 2 fully saturated rings. The second-order valence-corrected chi connectivity index (χ2v) is 17.8. The molecular formula is C39H53N5O5S. The summed E-state index contributed by atoms with van der Waals surface area (Å²) in [6.45, 7) is 18.6. The van der Waals surface area contributed by atoms with Crippen molar-refractivity contribution in [1.29, 1.82) is 0 Å². The quantitative estimate of drug-likeness (QED) is 0.284. The third-order valence-corrected chi connectivity index (χ3v) is 11.8. The van der Waals surface area contributed by atoms with Gasteiger partial charge in [-0.2, -0.15) is 4.98 Å². The van der Waals surface area contributed by atoms with E-state index < -0.39 is 10.0 Å². The monoisotopic (exact) mass is 703 g/mol. The van der Waals surface area contributed by atoms with Crippen LogP contribution in [0.25, 0.3) is 11.3 Å². The van der Waals surface area contributed by atoms with Crippen molar-refractivity contribution in [3.05, 3.63) is 65.2 Å². The van der Waals surface area contributed by atoms with Crippen molar-refractivity contribution in [2.75, 3.05) is 37.6 Å². The Hall–Kier alpha value is -3.54. The number of benzene rings is 2. The molecule has 270 valence electrons. The summed E-state index contributed by atoms with van der Waals surface area (Å²) in [6, 6.07) is 13.8. The summed E-state index contributed by atoms with van der Waals surface area (Å²) < 4.78 is 42.4. The molecular weight excluding hydrogens is 651 g/mol. The van der Waals surface area contributed by atoms with E-state index in [4.69, 9.17) is 9.47 Å². The number of hydrogen-bond donors (Lipinski definition) is 1. The Morgan fingerprint density at radius 1 is 1.02 bits per heavy atom. The largest absolute Gasteiger partial charge is 0.475 e. The number of ether oxygens (including phenoxy) is 2. The molecule has 1 amide bonds. The lowest BCUT2D eigenvalue weighted by molar-refractivity contribution is -0.0582. The number of likely N-dealkylation sites (tertiary alicyclic amines) is 1. The van der Waals surface area contributed by atoms with Gasteiger partial charge in [0.15, 0.2) is 0 Å². The Balaban J connectivity index is 1.35. The van der Waals surface area contributed by atoms with E-state index in [1.807, 2.05) is 36.9 Å². The number of nitrogens with one attached hydrogen (secondary N) is 1. The number of hydrogen-bond acceptors (Lipinski definition) is 8. The molecule has 10 nitrogen and oxygen atoms in total. The fourth-order valence-electron chi connectivity index (χ4n) is 7.98. The van der Waals surface area contributed by atoms with Gasteiger partial charge < -0.3 is 19.3 Å². The molecule has 1 atom stereocenters. The molecule has 1 N–H and O–H groups in total. The molecule has 3 aromatic rings. The number of nitrogens with zero attached hydrogens (tertiary/aromatic N) is 4. The molecule has 11 heteroatoms. The first kappa shape index (κ1) is 36.3. The van der Waals surface area contributed by atoms with Crippen LogP contribution < -0.4 is 9.46 Å². The normalized spacial score (nSPS) is 21.1. The van der Waals surface area contributed by atoms with Crippen LogP contribution in [0.3, 0.4) is 0 Å². The molecule has 1 saturated heterocycles. The van der Waals surface area contributed by atoms with Gasteiger partial charge in [-0.25, -0.2) is 18.1 Å². The minimum Gasteiger partial charge on any atom is -0.475 e. The molecule has 2 aromatic carbocycles. The number of amides is 1. The fourth-order valence-corrected chi connectivity index (χ4v) is 8.97. The van der Waals surface area contributed by atoms with Gasteiger partial charge in [-0.05, 0) is 113 Å². The molecule has 1 saturated carbocycles. The summed E-state index contributed by atoms with van der Waals surface area (Å²) in [5.74, 6) is 0.00574. The first-order valence-corrected chi connectivity index (χ1v) is 19.5. The van der Waals surface area contributed by atoms with Crippen molar-refractivity contribution in [2.24, 2.45) is 10.8 Å². The van der Waals surface area contributed by atoms with E-state index in [1.54, 1.807) is 18.2 Å². The van der Waals surface area contributed by atoms with Crippen molar-refractivity contribution in [3.8, 4) is 17.1 Å². The number of aryl methyl sites for hydroxylation is 2. The predicted molar refractivity (Wildman–Crippen MR) is 196 cm³/mol. The molecule has 6 rings (SSSR count). The zero-order chi connectivity index (χ0) is 35.8. The van der Waals surface area contributed by atoms with Crippen LogP contribution in [0.15, 0.2) is 53.4 Å². The first-order chi connectivity index (χ1) is 23.6. The summed E-state index contributed by atoms with van der Waals surface area (Å²) in [5, 5.41) is 0. The summed E-state index contributed by atoms with van der Waals surface area (Å²) in [6.07, 6.45) is 4.96. The van der Waals surface area contributed by atoms with Gasteiger partial charge in [0.1, 0.15) is 6.61 Å². The number of rotatable bonds is 7. The lowest BCUT2D eigenvalue weighted by atomic mass is 9.59.